The number of amides is 1. The van der Waals surface area contributed by atoms with Crippen molar-refractivity contribution in [3.63, 3.8) is 0 Å². The van der Waals surface area contributed by atoms with E-state index < -0.39 is 0 Å². The zero-order chi connectivity index (χ0) is 13.8. The molecule has 104 valence electrons. The van der Waals surface area contributed by atoms with E-state index in [9.17, 15) is 4.79 Å². The Hall–Kier alpha value is -1.35. The van der Waals surface area contributed by atoms with E-state index in [-0.39, 0.29) is 5.91 Å². The molecule has 19 heavy (non-hydrogen) atoms. The van der Waals surface area contributed by atoms with Gasteiger partial charge < -0.3 is 10.6 Å². The lowest BCUT2D eigenvalue weighted by Gasteiger charge is -2.11. The molecule has 2 rings (SSSR count). The van der Waals surface area contributed by atoms with Crippen molar-refractivity contribution in [1.29, 1.82) is 0 Å². The fourth-order valence-corrected chi connectivity index (χ4v) is 2.16. The van der Waals surface area contributed by atoms with E-state index in [1.165, 1.54) is 22.3 Å². The van der Waals surface area contributed by atoms with Crippen molar-refractivity contribution in [2.45, 2.75) is 52.6 Å². The standard InChI is InChI=1S/C16H24N2O/c1-11-8-13(3)14(9-12(11)2)10-17-7-6-16(19)18-15-4-5-15/h8-9,15,17H,4-7,10H2,1-3H3,(H,18,19). The van der Waals surface area contributed by atoms with E-state index in [0.717, 1.165) is 25.9 Å². The van der Waals surface area contributed by atoms with Crippen molar-refractivity contribution in [2.75, 3.05) is 6.54 Å². The Morgan fingerprint density at radius 2 is 1.84 bits per heavy atom. The zero-order valence-corrected chi connectivity index (χ0v) is 12.2. The second kappa shape index (κ2) is 6.20. The number of carbonyl (C=O) groups is 1. The molecule has 1 aromatic rings. The second-order valence-electron chi connectivity index (χ2n) is 5.63. The normalized spacial score (nSPS) is 14.5. The highest BCUT2D eigenvalue weighted by atomic mass is 16.1. The first-order valence-electron chi connectivity index (χ1n) is 7.13. The molecule has 0 radical (unpaired) electrons. The molecule has 3 nitrogen and oxygen atoms in total. The van der Waals surface area contributed by atoms with Crippen LogP contribution in [0.1, 0.15) is 41.5 Å². The SMILES string of the molecule is Cc1cc(C)c(CNCCC(=O)NC2CC2)cc1C. The quantitative estimate of drug-likeness (QED) is 0.771. The Morgan fingerprint density at radius 3 is 2.53 bits per heavy atom. The first-order valence-corrected chi connectivity index (χ1v) is 7.13. The molecule has 0 saturated heterocycles. The van der Waals surface area contributed by atoms with Crippen molar-refractivity contribution in [3.8, 4) is 0 Å². The third-order valence-electron chi connectivity index (χ3n) is 3.74. The predicted octanol–water partition coefficient (Wildman–Crippen LogP) is 2.37. The van der Waals surface area contributed by atoms with Crippen LogP contribution in [0.5, 0.6) is 0 Å². The molecule has 3 heteroatoms. The van der Waals surface area contributed by atoms with Crippen molar-refractivity contribution in [2.24, 2.45) is 0 Å². The van der Waals surface area contributed by atoms with Crippen LogP contribution >= 0.6 is 0 Å². The summed E-state index contributed by atoms with van der Waals surface area (Å²) in [7, 11) is 0. The van der Waals surface area contributed by atoms with Gasteiger partial charge in [-0.05, 0) is 55.9 Å². The van der Waals surface area contributed by atoms with Gasteiger partial charge in [0.25, 0.3) is 0 Å². The van der Waals surface area contributed by atoms with E-state index >= 15 is 0 Å². The smallest absolute Gasteiger partial charge is 0.221 e. The monoisotopic (exact) mass is 260 g/mol. The van der Waals surface area contributed by atoms with Crippen molar-refractivity contribution in [3.05, 3.63) is 34.4 Å². The first kappa shape index (κ1) is 14.1. The van der Waals surface area contributed by atoms with Gasteiger partial charge >= 0.3 is 0 Å². The third-order valence-corrected chi connectivity index (χ3v) is 3.74. The van der Waals surface area contributed by atoms with Gasteiger partial charge in [-0.1, -0.05) is 12.1 Å². The van der Waals surface area contributed by atoms with Gasteiger partial charge in [-0.25, -0.2) is 0 Å². The summed E-state index contributed by atoms with van der Waals surface area (Å²) in [6, 6.07) is 4.93. The Labute approximate surface area is 115 Å². The molecular weight excluding hydrogens is 236 g/mol. The number of nitrogens with one attached hydrogen (secondary N) is 2. The summed E-state index contributed by atoms with van der Waals surface area (Å²) in [6.45, 7) is 8.00. The average Bonchev–Trinajstić information content (AvgIpc) is 3.14. The Bertz CT molecular complexity index is 464. The van der Waals surface area contributed by atoms with Gasteiger partial charge in [0.2, 0.25) is 5.91 Å². The highest BCUT2D eigenvalue weighted by molar-refractivity contribution is 5.76. The molecule has 0 aliphatic heterocycles. The lowest BCUT2D eigenvalue weighted by molar-refractivity contribution is -0.121. The minimum absolute atomic E-state index is 0.173. The van der Waals surface area contributed by atoms with Crippen molar-refractivity contribution < 1.29 is 4.79 Å². The highest BCUT2D eigenvalue weighted by Gasteiger charge is 2.22. The van der Waals surface area contributed by atoms with Crippen molar-refractivity contribution in [1.82, 2.24) is 10.6 Å². The van der Waals surface area contributed by atoms with Gasteiger partial charge in [-0.15, -0.1) is 0 Å². The molecule has 0 aromatic heterocycles. The van der Waals surface area contributed by atoms with Crippen LogP contribution in [-0.2, 0) is 11.3 Å². The van der Waals surface area contributed by atoms with E-state index in [1.807, 2.05) is 0 Å². The van der Waals surface area contributed by atoms with E-state index in [1.54, 1.807) is 0 Å². The van der Waals surface area contributed by atoms with E-state index in [0.29, 0.717) is 12.5 Å². The minimum Gasteiger partial charge on any atom is -0.353 e. The summed E-state index contributed by atoms with van der Waals surface area (Å²) in [5, 5.41) is 6.35. The molecular formula is C16H24N2O. The molecule has 1 saturated carbocycles. The predicted molar refractivity (Wildman–Crippen MR) is 78.1 cm³/mol. The lowest BCUT2D eigenvalue weighted by Crippen LogP contribution is -2.29. The number of carbonyl (C=O) groups excluding carboxylic acids is 1. The number of benzene rings is 1. The minimum atomic E-state index is 0.173. The molecule has 0 unspecified atom stereocenters. The van der Waals surface area contributed by atoms with Gasteiger partial charge in [0, 0.05) is 25.6 Å². The maximum Gasteiger partial charge on any atom is 0.221 e. The Kier molecular flexibility index (Phi) is 4.59. The lowest BCUT2D eigenvalue weighted by atomic mass is 10.0. The van der Waals surface area contributed by atoms with Crippen molar-refractivity contribution >= 4 is 5.91 Å². The second-order valence-corrected chi connectivity index (χ2v) is 5.63. The Balaban J connectivity index is 1.72. The van der Waals surface area contributed by atoms with Crippen LogP contribution in [0.3, 0.4) is 0 Å². The van der Waals surface area contributed by atoms with Gasteiger partial charge in [-0.2, -0.15) is 0 Å². The molecule has 0 heterocycles. The van der Waals surface area contributed by atoms with E-state index in [4.69, 9.17) is 0 Å². The van der Waals surface area contributed by atoms with Gasteiger partial charge in [0.05, 0.1) is 0 Å². The van der Waals surface area contributed by atoms with E-state index in [2.05, 4.69) is 43.5 Å². The van der Waals surface area contributed by atoms with Gasteiger partial charge in [0.15, 0.2) is 0 Å². The summed E-state index contributed by atoms with van der Waals surface area (Å²) in [5.41, 5.74) is 5.31. The molecule has 1 aromatic carbocycles. The number of hydrogen-bond donors (Lipinski definition) is 2. The fourth-order valence-electron chi connectivity index (χ4n) is 2.16. The molecule has 0 bridgehead atoms. The van der Waals surface area contributed by atoms with Crippen LogP contribution in [0.2, 0.25) is 0 Å². The van der Waals surface area contributed by atoms with Crippen LogP contribution in [0.15, 0.2) is 12.1 Å². The van der Waals surface area contributed by atoms with Crippen LogP contribution in [0, 0.1) is 20.8 Å². The Morgan fingerprint density at radius 1 is 1.16 bits per heavy atom. The van der Waals surface area contributed by atoms with Crippen LogP contribution in [-0.4, -0.2) is 18.5 Å². The summed E-state index contributed by atoms with van der Waals surface area (Å²) in [5.74, 6) is 0.173. The molecule has 1 amide bonds. The maximum absolute atomic E-state index is 11.5. The molecule has 0 spiro atoms. The molecule has 1 fully saturated rings. The average molecular weight is 260 g/mol. The number of aryl methyl sites for hydroxylation is 3. The van der Waals surface area contributed by atoms with Crippen LogP contribution in [0.25, 0.3) is 0 Å². The maximum atomic E-state index is 11.5. The highest BCUT2D eigenvalue weighted by Crippen LogP contribution is 2.18. The zero-order valence-electron chi connectivity index (χ0n) is 12.2. The van der Waals surface area contributed by atoms with Gasteiger partial charge in [-0.3, -0.25) is 4.79 Å². The molecule has 1 aliphatic rings. The molecule has 1 aliphatic carbocycles. The summed E-state index contributed by atoms with van der Waals surface area (Å²) in [4.78, 5) is 11.5. The summed E-state index contributed by atoms with van der Waals surface area (Å²) >= 11 is 0. The molecule has 0 atom stereocenters. The first-order chi connectivity index (χ1) is 9.06. The third kappa shape index (κ3) is 4.35. The number of hydrogen-bond acceptors (Lipinski definition) is 2. The van der Waals surface area contributed by atoms with Crippen LogP contribution in [0.4, 0.5) is 0 Å². The largest absolute Gasteiger partial charge is 0.353 e. The molecule has 2 N–H and O–H groups in total. The summed E-state index contributed by atoms with van der Waals surface area (Å²) < 4.78 is 0. The van der Waals surface area contributed by atoms with Gasteiger partial charge in [0.1, 0.15) is 0 Å². The fraction of sp³-hybridized carbons (Fsp3) is 0.562. The number of rotatable bonds is 6. The topological polar surface area (TPSA) is 41.1 Å². The summed E-state index contributed by atoms with van der Waals surface area (Å²) in [6.07, 6.45) is 2.88. The van der Waals surface area contributed by atoms with Crippen LogP contribution < -0.4 is 10.6 Å².